The average Bonchev–Trinajstić information content (AvgIpc) is 3.02. The molecule has 1 aromatic carbocycles. The van der Waals surface area contributed by atoms with Crippen LogP contribution < -0.4 is 14.8 Å². The Morgan fingerprint density at radius 1 is 1.23 bits per heavy atom. The van der Waals surface area contributed by atoms with Crippen molar-refractivity contribution >= 4 is 5.91 Å². The third-order valence-corrected chi connectivity index (χ3v) is 4.47. The number of nitrogens with one attached hydrogen (secondary N) is 1. The summed E-state index contributed by atoms with van der Waals surface area (Å²) in [6.07, 6.45) is 4.53. The molecule has 0 radical (unpaired) electrons. The van der Waals surface area contributed by atoms with E-state index < -0.39 is 0 Å². The fourth-order valence-electron chi connectivity index (χ4n) is 3.04. The molecule has 0 unspecified atom stereocenters. The van der Waals surface area contributed by atoms with Gasteiger partial charge in [0.2, 0.25) is 5.91 Å². The van der Waals surface area contributed by atoms with Crippen molar-refractivity contribution in [3.8, 4) is 11.5 Å². The normalized spacial score (nSPS) is 16.3. The summed E-state index contributed by atoms with van der Waals surface area (Å²) in [5.74, 6) is 1.24. The Balaban J connectivity index is 1.91. The lowest BCUT2D eigenvalue weighted by molar-refractivity contribution is -0.121. The second-order valence-corrected chi connectivity index (χ2v) is 6.01. The van der Waals surface area contributed by atoms with Gasteiger partial charge in [0, 0.05) is 12.0 Å². The molecule has 1 fully saturated rings. The van der Waals surface area contributed by atoms with E-state index in [1.807, 2.05) is 12.1 Å². The number of ether oxygens (including phenoxy) is 2. The van der Waals surface area contributed by atoms with E-state index >= 15 is 0 Å². The van der Waals surface area contributed by atoms with E-state index in [2.05, 4.69) is 5.32 Å². The fourth-order valence-corrected chi connectivity index (χ4v) is 3.04. The molecule has 0 bridgehead atoms. The maximum Gasteiger partial charge on any atom is 0.224 e. The maximum atomic E-state index is 12.1. The SMILES string of the molecule is COc1ccc(CC(=O)NCC2(CO)CCCC2)cc1OC. The minimum Gasteiger partial charge on any atom is -0.493 e. The Labute approximate surface area is 131 Å². The Morgan fingerprint density at radius 3 is 2.50 bits per heavy atom. The molecule has 0 heterocycles. The third kappa shape index (κ3) is 3.91. The summed E-state index contributed by atoms with van der Waals surface area (Å²) in [6, 6.07) is 5.47. The Morgan fingerprint density at radius 2 is 1.91 bits per heavy atom. The summed E-state index contributed by atoms with van der Waals surface area (Å²) in [6.45, 7) is 0.694. The van der Waals surface area contributed by atoms with Crippen LogP contribution in [0.1, 0.15) is 31.2 Å². The smallest absolute Gasteiger partial charge is 0.224 e. The minimum atomic E-state index is -0.118. The number of amides is 1. The molecular weight excluding hydrogens is 282 g/mol. The van der Waals surface area contributed by atoms with Gasteiger partial charge in [-0.2, -0.15) is 0 Å². The molecule has 22 heavy (non-hydrogen) atoms. The second kappa shape index (κ2) is 7.49. The predicted molar refractivity (Wildman–Crippen MR) is 84.2 cm³/mol. The first-order chi connectivity index (χ1) is 10.6. The van der Waals surface area contributed by atoms with Gasteiger partial charge in [-0.25, -0.2) is 0 Å². The van der Waals surface area contributed by atoms with Crippen molar-refractivity contribution in [2.45, 2.75) is 32.1 Å². The molecule has 1 amide bonds. The molecular formula is C17H25NO4. The highest BCUT2D eigenvalue weighted by Crippen LogP contribution is 2.36. The van der Waals surface area contributed by atoms with E-state index in [1.165, 1.54) is 0 Å². The van der Waals surface area contributed by atoms with E-state index in [1.54, 1.807) is 20.3 Å². The zero-order valence-corrected chi connectivity index (χ0v) is 13.4. The molecule has 0 aliphatic heterocycles. The topological polar surface area (TPSA) is 67.8 Å². The highest BCUT2D eigenvalue weighted by atomic mass is 16.5. The molecule has 5 nitrogen and oxygen atoms in total. The molecule has 1 aliphatic rings. The summed E-state index contributed by atoms with van der Waals surface area (Å²) in [5, 5.41) is 12.5. The van der Waals surface area contributed by atoms with E-state index in [9.17, 15) is 9.90 Å². The van der Waals surface area contributed by atoms with E-state index in [-0.39, 0.29) is 17.9 Å². The molecule has 2 N–H and O–H groups in total. The van der Waals surface area contributed by atoms with Crippen LogP contribution in [0.25, 0.3) is 0 Å². The molecule has 5 heteroatoms. The number of rotatable bonds is 7. The summed E-state index contributed by atoms with van der Waals surface area (Å²) in [5.41, 5.74) is 0.757. The summed E-state index contributed by atoms with van der Waals surface area (Å²) >= 11 is 0. The van der Waals surface area contributed by atoms with Crippen molar-refractivity contribution in [2.24, 2.45) is 5.41 Å². The van der Waals surface area contributed by atoms with Gasteiger partial charge in [0.05, 0.1) is 27.2 Å². The Bertz CT molecular complexity index is 509. The number of carbonyl (C=O) groups excluding carboxylic acids is 1. The first kappa shape index (κ1) is 16.6. The van der Waals surface area contributed by atoms with Crippen LogP contribution in [-0.2, 0) is 11.2 Å². The van der Waals surface area contributed by atoms with Gasteiger partial charge in [0.15, 0.2) is 11.5 Å². The van der Waals surface area contributed by atoms with Crippen LogP contribution >= 0.6 is 0 Å². The highest BCUT2D eigenvalue weighted by molar-refractivity contribution is 5.78. The summed E-state index contributed by atoms with van der Waals surface area (Å²) in [7, 11) is 3.16. The monoisotopic (exact) mass is 307 g/mol. The first-order valence-electron chi connectivity index (χ1n) is 7.71. The van der Waals surface area contributed by atoms with Gasteiger partial charge in [0.1, 0.15) is 0 Å². The number of carbonyl (C=O) groups is 1. The first-order valence-corrected chi connectivity index (χ1v) is 7.71. The van der Waals surface area contributed by atoms with E-state index in [4.69, 9.17) is 9.47 Å². The number of aliphatic hydroxyl groups is 1. The lowest BCUT2D eigenvalue weighted by Crippen LogP contribution is -2.38. The lowest BCUT2D eigenvalue weighted by atomic mass is 9.87. The molecule has 0 spiro atoms. The number of hydrogen-bond acceptors (Lipinski definition) is 4. The van der Waals surface area contributed by atoms with E-state index in [0.29, 0.717) is 24.5 Å². The quantitative estimate of drug-likeness (QED) is 0.807. The van der Waals surface area contributed by atoms with Crippen LogP contribution in [0.5, 0.6) is 11.5 Å². The molecule has 0 saturated heterocycles. The van der Waals surface area contributed by atoms with Gasteiger partial charge < -0.3 is 19.9 Å². The highest BCUT2D eigenvalue weighted by Gasteiger charge is 2.33. The minimum absolute atomic E-state index is 0.0352. The molecule has 2 rings (SSSR count). The van der Waals surface area contributed by atoms with Gasteiger partial charge in [-0.3, -0.25) is 4.79 Å². The molecule has 1 aromatic rings. The largest absolute Gasteiger partial charge is 0.493 e. The van der Waals surface area contributed by atoms with Crippen LogP contribution in [0.15, 0.2) is 18.2 Å². The van der Waals surface area contributed by atoms with Crippen LogP contribution in [-0.4, -0.2) is 38.4 Å². The van der Waals surface area contributed by atoms with Crippen LogP contribution in [0.4, 0.5) is 0 Å². The maximum absolute atomic E-state index is 12.1. The van der Waals surface area contributed by atoms with Crippen molar-refractivity contribution in [3.05, 3.63) is 23.8 Å². The lowest BCUT2D eigenvalue weighted by Gasteiger charge is -2.26. The standard InChI is InChI=1S/C17H25NO4/c1-21-14-6-5-13(9-15(14)22-2)10-16(20)18-11-17(12-19)7-3-4-8-17/h5-6,9,19H,3-4,7-8,10-12H2,1-2H3,(H,18,20). The van der Waals surface area contributed by atoms with E-state index in [0.717, 1.165) is 31.2 Å². The number of benzene rings is 1. The van der Waals surface area contributed by atoms with Gasteiger partial charge in [-0.1, -0.05) is 18.9 Å². The van der Waals surface area contributed by atoms with Gasteiger partial charge in [-0.15, -0.1) is 0 Å². The van der Waals surface area contributed by atoms with Crippen molar-refractivity contribution in [1.29, 1.82) is 0 Å². The average molecular weight is 307 g/mol. The molecule has 0 aromatic heterocycles. The van der Waals surface area contributed by atoms with Crippen molar-refractivity contribution in [3.63, 3.8) is 0 Å². The van der Waals surface area contributed by atoms with Crippen LogP contribution in [0.2, 0.25) is 0 Å². The van der Waals surface area contributed by atoms with Crippen molar-refractivity contribution in [1.82, 2.24) is 5.32 Å². The zero-order chi connectivity index (χ0) is 16.0. The molecule has 1 aliphatic carbocycles. The van der Waals surface area contributed by atoms with Gasteiger partial charge in [-0.05, 0) is 30.5 Å². The predicted octanol–water partition coefficient (Wildman–Crippen LogP) is 1.92. The molecule has 0 atom stereocenters. The molecule has 122 valence electrons. The molecule has 1 saturated carbocycles. The van der Waals surface area contributed by atoms with Crippen LogP contribution in [0.3, 0.4) is 0 Å². The third-order valence-electron chi connectivity index (χ3n) is 4.47. The van der Waals surface area contributed by atoms with Crippen molar-refractivity contribution in [2.75, 3.05) is 27.4 Å². The second-order valence-electron chi connectivity index (χ2n) is 6.01. The fraction of sp³-hybridized carbons (Fsp3) is 0.588. The Kier molecular flexibility index (Phi) is 5.66. The number of hydrogen-bond donors (Lipinski definition) is 2. The summed E-state index contributed by atoms with van der Waals surface area (Å²) in [4.78, 5) is 12.1. The zero-order valence-electron chi connectivity index (χ0n) is 13.4. The van der Waals surface area contributed by atoms with Crippen molar-refractivity contribution < 1.29 is 19.4 Å². The number of aliphatic hydroxyl groups excluding tert-OH is 1. The van der Waals surface area contributed by atoms with Gasteiger partial charge in [0.25, 0.3) is 0 Å². The van der Waals surface area contributed by atoms with Gasteiger partial charge >= 0.3 is 0 Å². The summed E-state index contributed by atoms with van der Waals surface area (Å²) < 4.78 is 10.4. The van der Waals surface area contributed by atoms with Crippen LogP contribution in [0, 0.1) is 5.41 Å². The number of methoxy groups -OCH3 is 2. The Hall–Kier alpha value is -1.75.